The molecule has 1 fully saturated rings. The summed E-state index contributed by atoms with van der Waals surface area (Å²) >= 11 is 0. The highest BCUT2D eigenvalue weighted by atomic mass is 16.5. The zero-order valence-electron chi connectivity index (χ0n) is 15.7. The number of ether oxygens (including phenoxy) is 1. The molecule has 1 aliphatic heterocycles. The first-order chi connectivity index (χ1) is 12.5. The molecule has 2 aromatic heterocycles. The minimum atomic E-state index is -0.142. The quantitative estimate of drug-likeness (QED) is 0.857. The van der Waals surface area contributed by atoms with Crippen LogP contribution < -0.4 is 5.32 Å². The summed E-state index contributed by atoms with van der Waals surface area (Å²) in [4.78, 5) is 21.5. The lowest BCUT2D eigenvalue weighted by Gasteiger charge is -2.20. The Labute approximate surface area is 154 Å². The lowest BCUT2D eigenvalue weighted by Crippen LogP contribution is -2.26. The predicted molar refractivity (Wildman–Crippen MR) is 97.7 cm³/mol. The zero-order chi connectivity index (χ0) is 18.5. The average Bonchev–Trinajstić information content (AvgIpc) is 3.00. The van der Waals surface area contributed by atoms with Crippen molar-refractivity contribution < 1.29 is 9.53 Å². The van der Waals surface area contributed by atoms with Crippen molar-refractivity contribution in [3.05, 3.63) is 41.2 Å². The van der Waals surface area contributed by atoms with Crippen LogP contribution in [-0.4, -0.2) is 38.9 Å². The van der Waals surface area contributed by atoms with Crippen LogP contribution in [0.2, 0.25) is 0 Å². The molecule has 140 valence electrons. The van der Waals surface area contributed by atoms with Gasteiger partial charge in [0.25, 0.3) is 5.91 Å². The molecule has 3 heterocycles. The van der Waals surface area contributed by atoms with Gasteiger partial charge in [0.15, 0.2) is 0 Å². The number of nitrogens with one attached hydrogen (secondary N) is 1. The van der Waals surface area contributed by atoms with Gasteiger partial charge in [-0.3, -0.25) is 9.48 Å². The van der Waals surface area contributed by atoms with E-state index in [9.17, 15) is 4.79 Å². The summed E-state index contributed by atoms with van der Waals surface area (Å²) in [5.41, 5.74) is 2.31. The largest absolute Gasteiger partial charge is 0.381 e. The first kappa shape index (κ1) is 18.5. The van der Waals surface area contributed by atoms with Gasteiger partial charge in [-0.05, 0) is 37.3 Å². The van der Waals surface area contributed by atoms with Gasteiger partial charge < -0.3 is 10.1 Å². The number of aromatic nitrogens is 4. The highest BCUT2D eigenvalue weighted by molar-refractivity contribution is 5.92. The Balaban J connectivity index is 1.62. The fourth-order valence-corrected chi connectivity index (χ4v) is 3.17. The Morgan fingerprint density at radius 2 is 2.27 bits per heavy atom. The van der Waals surface area contributed by atoms with Crippen LogP contribution in [0.1, 0.15) is 60.3 Å². The molecule has 7 heteroatoms. The van der Waals surface area contributed by atoms with E-state index in [0.717, 1.165) is 43.1 Å². The minimum absolute atomic E-state index is 0.142. The van der Waals surface area contributed by atoms with Gasteiger partial charge in [-0.2, -0.15) is 5.10 Å². The Bertz CT molecular complexity index is 750. The molecule has 2 aromatic rings. The number of aryl methyl sites for hydroxylation is 1. The maximum Gasteiger partial charge on any atom is 0.269 e. The van der Waals surface area contributed by atoms with Crippen molar-refractivity contribution in [3.63, 3.8) is 0 Å². The highest BCUT2D eigenvalue weighted by Crippen LogP contribution is 2.22. The maximum atomic E-state index is 12.5. The van der Waals surface area contributed by atoms with Crippen molar-refractivity contribution in [2.45, 2.75) is 45.6 Å². The Morgan fingerprint density at radius 3 is 3.00 bits per heavy atom. The molecule has 1 amide bonds. The molecule has 26 heavy (non-hydrogen) atoms. The lowest BCUT2D eigenvalue weighted by atomic mass is 10.0. The fourth-order valence-electron chi connectivity index (χ4n) is 3.17. The second kappa shape index (κ2) is 8.40. The topological polar surface area (TPSA) is 81.9 Å². The van der Waals surface area contributed by atoms with Crippen LogP contribution in [0.4, 0.5) is 0 Å². The number of nitrogens with zero attached hydrogens (tertiary/aromatic N) is 4. The first-order valence-corrected chi connectivity index (χ1v) is 9.23. The molecule has 1 N–H and O–H groups in total. The van der Waals surface area contributed by atoms with Crippen molar-refractivity contribution in [1.29, 1.82) is 0 Å². The fraction of sp³-hybridized carbons (Fsp3) is 0.579. The number of rotatable bonds is 6. The molecule has 0 spiro atoms. The lowest BCUT2D eigenvalue weighted by molar-refractivity contribution is 0.0779. The molecule has 0 bridgehead atoms. The summed E-state index contributed by atoms with van der Waals surface area (Å²) in [5.74, 6) is 1.41. The first-order valence-electron chi connectivity index (χ1n) is 9.23. The van der Waals surface area contributed by atoms with Crippen molar-refractivity contribution >= 4 is 5.91 Å². The summed E-state index contributed by atoms with van der Waals surface area (Å²) in [5, 5.41) is 7.35. The molecule has 1 aliphatic rings. The van der Waals surface area contributed by atoms with E-state index in [1.54, 1.807) is 17.9 Å². The van der Waals surface area contributed by atoms with Gasteiger partial charge >= 0.3 is 0 Å². The molecule has 0 radical (unpaired) electrons. The summed E-state index contributed by atoms with van der Waals surface area (Å²) < 4.78 is 7.15. The van der Waals surface area contributed by atoms with Gasteiger partial charge in [0.1, 0.15) is 11.5 Å². The van der Waals surface area contributed by atoms with Gasteiger partial charge in [-0.15, -0.1) is 0 Å². The normalized spacial score (nSPS) is 17.5. The maximum absolute atomic E-state index is 12.5. The van der Waals surface area contributed by atoms with E-state index in [0.29, 0.717) is 24.8 Å². The number of hydrogen-bond donors (Lipinski definition) is 1. The second-order valence-electron chi connectivity index (χ2n) is 7.25. The molecule has 7 nitrogen and oxygen atoms in total. The SMILES string of the molecule is CC(C)Cc1cc(C(=O)NCc2ccnc([C@H]3CCCOC3)n2)n(C)n1. The number of carbonyl (C=O) groups is 1. The highest BCUT2D eigenvalue weighted by Gasteiger charge is 2.19. The molecule has 3 rings (SSSR count). The molecule has 1 saturated heterocycles. The summed E-state index contributed by atoms with van der Waals surface area (Å²) in [6, 6.07) is 3.70. The summed E-state index contributed by atoms with van der Waals surface area (Å²) in [6.07, 6.45) is 4.70. The van der Waals surface area contributed by atoms with E-state index >= 15 is 0 Å². The van der Waals surface area contributed by atoms with Crippen molar-refractivity contribution in [2.75, 3.05) is 13.2 Å². The zero-order valence-corrected chi connectivity index (χ0v) is 15.7. The van der Waals surface area contributed by atoms with E-state index in [1.165, 1.54) is 0 Å². The van der Waals surface area contributed by atoms with Crippen molar-refractivity contribution in [1.82, 2.24) is 25.1 Å². The molecule has 1 atom stereocenters. The number of carbonyl (C=O) groups excluding carboxylic acids is 1. The van der Waals surface area contributed by atoms with Gasteiger partial charge in [0.2, 0.25) is 0 Å². The van der Waals surface area contributed by atoms with Crippen molar-refractivity contribution in [2.24, 2.45) is 13.0 Å². The third-order valence-electron chi connectivity index (χ3n) is 4.47. The Kier molecular flexibility index (Phi) is 5.98. The van der Waals surface area contributed by atoms with Crippen LogP contribution in [0, 0.1) is 5.92 Å². The van der Waals surface area contributed by atoms with Gasteiger partial charge in [-0.1, -0.05) is 13.8 Å². The third-order valence-corrected chi connectivity index (χ3v) is 4.47. The van der Waals surface area contributed by atoms with Crippen LogP contribution in [-0.2, 0) is 24.8 Å². The summed E-state index contributed by atoms with van der Waals surface area (Å²) in [6.45, 7) is 6.13. The van der Waals surface area contributed by atoms with Gasteiger partial charge in [0.05, 0.1) is 24.5 Å². The molecular weight excluding hydrogens is 330 g/mol. The Morgan fingerprint density at radius 1 is 1.42 bits per heavy atom. The number of hydrogen-bond acceptors (Lipinski definition) is 5. The van der Waals surface area contributed by atoms with Gasteiger partial charge in [0, 0.05) is 25.8 Å². The third kappa shape index (κ3) is 4.66. The monoisotopic (exact) mass is 357 g/mol. The summed E-state index contributed by atoms with van der Waals surface area (Å²) in [7, 11) is 1.80. The number of amides is 1. The standard InChI is InChI=1S/C19H27N5O2/c1-13(2)9-16-10-17(24(3)23-16)19(25)21-11-15-6-7-20-18(22-15)14-5-4-8-26-12-14/h6-7,10,13-14H,4-5,8-9,11-12H2,1-3H3,(H,21,25)/t14-/m0/s1. The second-order valence-corrected chi connectivity index (χ2v) is 7.25. The average molecular weight is 357 g/mol. The van der Waals surface area contributed by atoms with Crippen LogP contribution in [0.25, 0.3) is 0 Å². The van der Waals surface area contributed by atoms with Crippen LogP contribution in [0.5, 0.6) is 0 Å². The van der Waals surface area contributed by atoms with E-state index in [-0.39, 0.29) is 11.8 Å². The molecule has 0 saturated carbocycles. The van der Waals surface area contributed by atoms with Crippen LogP contribution >= 0.6 is 0 Å². The van der Waals surface area contributed by atoms with E-state index in [1.807, 2.05) is 12.1 Å². The van der Waals surface area contributed by atoms with Crippen LogP contribution in [0.3, 0.4) is 0 Å². The smallest absolute Gasteiger partial charge is 0.269 e. The van der Waals surface area contributed by atoms with Gasteiger partial charge in [-0.25, -0.2) is 9.97 Å². The minimum Gasteiger partial charge on any atom is -0.381 e. The molecule has 0 unspecified atom stereocenters. The Hall–Kier alpha value is -2.28. The molecule has 0 aromatic carbocycles. The molecule has 0 aliphatic carbocycles. The van der Waals surface area contributed by atoms with Crippen molar-refractivity contribution in [3.8, 4) is 0 Å². The van der Waals surface area contributed by atoms with E-state index in [4.69, 9.17) is 4.74 Å². The van der Waals surface area contributed by atoms with E-state index in [2.05, 4.69) is 34.2 Å². The van der Waals surface area contributed by atoms with Crippen LogP contribution in [0.15, 0.2) is 18.3 Å². The predicted octanol–water partition coefficient (Wildman–Crippen LogP) is 2.23. The van der Waals surface area contributed by atoms with E-state index < -0.39 is 0 Å². The molecular formula is C19H27N5O2.